The summed E-state index contributed by atoms with van der Waals surface area (Å²) in [6, 6.07) is 0. The smallest absolute Gasteiger partial charge is 0.183 e. The predicted molar refractivity (Wildman–Crippen MR) is 121 cm³/mol. The molecule has 27 heavy (non-hydrogen) atoms. The summed E-state index contributed by atoms with van der Waals surface area (Å²) in [7, 11) is 0. The zero-order chi connectivity index (χ0) is 19.6. The summed E-state index contributed by atoms with van der Waals surface area (Å²) in [4.78, 5) is 4.63. The first-order valence-electron chi connectivity index (χ1n) is 12.4. The molecule has 0 saturated heterocycles. The fourth-order valence-corrected chi connectivity index (χ4v) is 3.97. The van der Waals surface area contributed by atoms with Crippen molar-refractivity contribution in [3.63, 3.8) is 0 Å². The van der Waals surface area contributed by atoms with Gasteiger partial charge in [-0.15, -0.1) is 0 Å². The summed E-state index contributed by atoms with van der Waals surface area (Å²) in [5, 5.41) is 0. The number of ether oxygens (including phenoxy) is 1. The van der Waals surface area contributed by atoms with Crippen LogP contribution in [0.2, 0.25) is 0 Å². The largest absolute Gasteiger partial charge is 0.478 e. The Kier molecular flexibility index (Phi) is 14.9. The van der Waals surface area contributed by atoms with Crippen LogP contribution in [0.3, 0.4) is 0 Å². The Morgan fingerprint density at radius 3 is 1.33 bits per heavy atom. The lowest BCUT2D eigenvalue weighted by Gasteiger charge is -2.07. The average molecular weight is 380 g/mol. The molecule has 0 aliphatic carbocycles. The maximum absolute atomic E-state index is 5.65. The number of aliphatic imine (C=N–C) groups is 1. The molecular weight excluding hydrogens is 330 g/mol. The molecule has 0 spiro atoms. The molecule has 1 aliphatic heterocycles. The van der Waals surface area contributed by atoms with Gasteiger partial charge in [-0.05, 0) is 20.3 Å². The minimum absolute atomic E-state index is 0.0174. The van der Waals surface area contributed by atoms with E-state index in [1.54, 1.807) is 0 Å². The molecule has 0 atom stereocenters. The van der Waals surface area contributed by atoms with E-state index in [4.69, 9.17) is 4.74 Å². The number of hydrogen-bond donors (Lipinski definition) is 0. The zero-order valence-corrected chi connectivity index (χ0v) is 19.0. The summed E-state index contributed by atoms with van der Waals surface area (Å²) in [6.45, 7) is 7.36. The third-order valence-corrected chi connectivity index (χ3v) is 5.76. The van der Waals surface area contributed by atoms with Crippen molar-refractivity contribution in [1.29, 1.82) is 0 Å². The summed E-state index contributed by atoms with van der Waals surface area (Å²) < 4.78 is 5.65. The summed E-state index contributed by atoms with van der Waals surface area (Å²) in [5.74, 6) is 0.997. The molecule has 0 unspecified atom stereocenters. The van der Waals surface area contributed by atoms with Crippen molar-refractivity contribution < 1.29 is 4.74 Å². The van der Waals surface area contributed by atoms with Gasteiger partial charge in [-0.25, -0.2) is 4.99 Å². The fraction of sp³-hybridized carbons (Fsp3) is 0.960. The van der Waals surface area contributed by atoms with Crippen LogP contribution >= 0.6 is 0 Å². The first-order chi connectivity index (χ1) is 13.1. The zero-order valence-electron chi connectivity index (χ0n) is 19.0. The molecule has 1 rings (SSSR count). The number of nitrogens with zero attached hydrogens (tertiary/aromatic N) is 1. The Hall–Kier alpha value is -0.530. The third kappa shape index (κ3) is 15.1. The van der Waals surface area contributed by atoms with Gasteiger partial charge >= 0.3 is 0 Å². The predicted octanol–water partition coefficient (Wildman–Crippen LogP) is 8.63. The molecule has 0 N–H and O–H groups in total. The van der Waals surface area contributed by atoms with Crippen LogP contribution in [0.25, 0.3) is 0 Å². The molecule has 1 heterocycles. The second-order valence-electron chi connectivity index (χ2n) is 9.37. The molecule has 2 nitrogen and oxygen atoms in total. The third-order valence-electron chi connectivity index (χ3n) is 5.76. The van der Waals surface area contributed by atoms with Crippen molar-refractivity contribution in [2.75, 3.05) is 6.61 Å². The van der Waals surface area contributed by atoms with E-state index in [2.05, 4.69) is 25.8 Å². The molecule has 2 heteroatoms. The van der Waals surface area contributed by atoms with Crippen LogP contribution in [0.1, 0.15) is 143 Å². The molecule has 0 fully saturated rings. The molecule has 0 bridgehead atoms. The van der Waals surface area contributed by atoms with E-state index in [0.717, 1.165) is 18.9 Å². The van der Waals surface area contributed by atoms with E-state index in [1.165, 1.54) is 116 Å². The van der Waals surface area contributed by atoms with Crippen molar-refractivity contribution in [3.05, 3.63) is 0 Å². The SMILES string of the molecule is CCCCCCCCCCCCCCCCCCCCC1=NC(C)(C)CO1. The Morgan fingerprint density at radius 1 is 0.630 bits per heavy atom. The highest BCUT2D eigenvalue weighted by Crippen LogP contribution is 2.20. The Labute approximate surface area is 171 Å². The van der Waals surface area contributed by atoms with Gasteiger partial charge in [-0.2, -0.15) is 0 Å². The van der Waals surface area contributed by atoms with Gasteiger partial charge in [0.1, 0.15) is 6.61 Å². The van der Waals surface area contributed by atoms with Crippen molar-refractivity contribution in [2.45, 2.75) is 148 Å². The van der Waals surface area contributed by atoms with E-state index in [0.29, 0.717) is 0 Å². The molecule has 160 valence electrons. The van der Waals surface area contributed by atoms with Gasteiger partial charge in [-0.3, -0.25) is 0 Å². The molecular formula is C25H49NO. The molecule has 0 radical (unpaired) electrons. The van der Waals surface area contributed by atoms with E-state index < -0.39 is 0 Å². The van der Waals surface area contributed by atoms with E-state index >= 15 is 0 Å². The van der Waals surface area contributed by atoms with Crippen LogP contribution in [-0.4, -0.2) is 18.0 Å². The van der Waals surface area contributed by atoms with Gasteiger partial charge < -0.3 is 4.74 Å². The van der Waals surface area contributed by atoms with Gasteiger partial charge in [0.2, 0.25) is 0 Å². The minimum atomic E-state index is 0.0174. The lowest BCUT2D eigenvalue weighted by Crippen LogP contribution is -2.17. The number of rotatable bonds is 19. The van der Waals surface area contributed by atoms with Gasteiger partial charge in [0, 0.05) is 6.42 Å². The molecule has 0 saturated carbocycles. The standard InChI is InChI=1S/C25H49NO/c1-4-5-6-7-8-9-10-11-12-13-14-15-16-17-18-19-20-21-22-24-26-25(2,3)23-27-24/h4-23H2,1-3H3. The van der Waals surface area contributed by atoms with Crippen LogP contribution in [0.4, 0.5) is 0 Å². The lowest BCUT2D eigenvalue weighted by molar-refractivity contribution is 0.273. The topological polar surface area (TPSA) is 21.6 Å². The summed E-state index contributed by atoms with van der Waals surface area (Å²) >= 11 is 0. The highest BCUT2D eigenvalue weighted by molar-refractivity contribution is 5.78. The first-order valence-corrected chi connectivity index (χ1v) is 12.4. The average Bonchev–Trinajstić information content (AvgIpc) is 2.99. The molecule has 0 aromatic carbocycles. The second kappa shape index (κ2) is 16.4. The Morgan fingerprint density at radius 2 is 1.00 bits per heavy atom. The molecule has 0 aromatic heterocycles. The fourth-order valence-electron chi connectivity index (χ4n) is 3.97. The van der Waals surface area contributed by atoms with Crippen LogP contribution in [0.15, 0.2) is 4.99 Å². The quantitative estimate of drug-likeness (QED) is 0.206. The summed E-state index contributed by atoms with van der Waals surface area (Å²) in [5.41, 5.74) is 0.0174. The van der Waals surface area contributed by atoms with Gasteiger partial charge in [-0.1, -0.05) is 116 Å². The Balaban J connectivity index is 1.70. The van der Waals surface area contributed by atoms with Crippen LogP contribution in [0, 0.1) is 0 Å². The highest BCUT2D eigenvalue weighted by Gasteiger charge is 2.25. The first kappa shape index (κ1) is 24.5. The minimum Gasteiger partial charge on any atom is -0.478 e. The van der Waals surface area contributed by atoms with Crippen molar-refractivity contribution >= 4 is 5.90 Å². The summed E-state index contributed by atoms with van der Waals surface area (Å²) in [6.07, 6.45) is 26.8. The molecule has 0 aromatic rings. The van der Waals surface area contributed by atoms with Crippen molar-refractivity contribution in [1.82, 2.24) is 0 Å². The van der Waals surface area contributed by atoms with Crippen molar-refractivity contribution in [3.8, 4) is 0 Å². The van der Waals surface area contributed by atoms with Crippen LogP contribution in [0.5, 0.6) is 0 Å². The van der Waals surface area contributed by atoms with Crippen LogP contribution in [-0.2, 0) is 4.74 Å². The van der Waals surface area contributed by atoms with Crippen LogP contribution < -0.4 is 0 Å². The van der Waals surface area contributed by atoms with Gasteiger partial charge in [0.15, 0.2) is 5.90 Å². The van der Waals surface area contributed by atoms with Gasteiger partial charge in [0.25, 0.3) is 0 Å². The normalized spacial score (nSPS) is 15.7. The number of hydrogen-bond acceptors (Lipinski definition) is 2. The molecule has 0 amide bonds. The van der Waals surface area contributed by atoms with Gasteiger partial charge in [0.05, 0.1) is 5.54 Å². The van der Waals surface area contributed by atoms with E-state index in [1.807, 2.05) is 0 Å². The van der Waals surface area contributed by atoms with E-state index in [9.17, 15) is 0 Å². The monoisotopic (exact) mass is 379 g/mol. The Bertz CT molecular complexity index is 361. The maximum atomic E-state index is 5.65. The van der Waals surface area contributed by atoms with Crippen molar-refractivity contribution in [2.24, 2.45) is 4.99 Å². The second-order valence-corrected chi connectivity index (χ2v) is 9.37. The lowest BCUT2D eigenvalue weighted by atomic mass is 10.0. The highest BCUT2D eigenvalue weighted by atomic mass is 16.5. The number of unbranched alkanes of at least 4 members (excludes halogenated alkanes) is 17. The maximum Gasteiger partial charge on any atom is 0.183 e. The molecule has 1 aliphatic rings. The van der Waals surface area contributed by atoms with E-state index in [-0.39, 0.29) is 5.54 Å².